The third-order valence-corrected chi connectivity index (χ3v) is 4.92. The summed E-state index contributed by atoms with van der Waals surface area (Å²) in [5.74, 6) is -1.12. The van der Waals surface area contributed by atoms with Gasteiger partial charge in [-0.05, 0) is 51.5 Å². The van der Waals surface area contributed by atoms with Gasteiger partial charge < -0.3 is 5.32 Å². The number of carbonyl (C=O) groups excluding carboxylic acids is 2. The van der Waals surface area contributed by atoms with Gasteiger partial charge in [-0.3, -0.25) is 14.5 Å². The fourth-order valence-electron chi connectivity index (χ4n) is 3.39. The maximum atomic E-state index is 14.7. The van der Waals surface area contributed by atoms with Gasteiger partial charge in [-0.25, -0.2) is 4.39 Å². The SMILES string of the molecule is CCC(C(=O)NC(C)(C)C)N(C(=O)Cn1nnc(-c2ccc(C)cc2)n1)c1ccccc1F. The minimum atomic E-state index is -0.909. The number of rotatable bonds is 7. The highest BCUT2D eigenvalue weighted by Crippen LogP contribution is 2.24. The monoisotopic (exact) mass is 452 g/mol. The quantitative estimate of drug-likeness (QED) is 0.592. The Balaban J connectivity index is 1.90. The molecule has 33 heavy (non-hydrogen) atoms. The van der Waals surface area contributed by atoms with Gasteiger partial charge in [-0.15, -0.1) is 10.2 Å². The van der Waals surface area contributed by atoms with Crippen LogP contribution in [0.1, 0.15) is 39.7 Å². The molecule has 0 aliphatic heterocycles. The van der Waals surface area contributed by atoms with Crippen molar-refractivity contribution in [1.82, 2.24) is 25.5 Å². The molecule has 1 heterocycles. The summed E-state index contributed by atoms with van der Waals surface area (Å²) < 4.78 is 14.7. The molecule has 1 aromatic heterocycles. The first-order valence-corrected chi connectivity index (χ1v) is 10.8. The number of halogens is 1. The number of para-hydroxylation sites is 1. The number of tetrazole rings is 1. The Labute approximate surface area is 192 Å². The number of benzene rings is 2. The van der Waals surface area contributed by atoms with Crippen LogP contribution in [0.15, 0.2) is 48.5 Å². The Morgan fingerprint density at radius 2 is 1.79 bits per heavy atom. The summed E-state index contributed by atoms with van der Waals surface area (Å²) in [5.41, 5.74) is 1.38. The number of nitrogens with zero attached hydrogens (tertiary/aromatic N) is 5. The van der Waals surface area contributed by atoms with Crippen molar-refractivity contribution in [3.63, 3.8) is 0 Å². The van der Waals surface area contributed by atoms with E-state index in [1.807, 2.05) is 52.0 Å². The Hall–Kier alpha value is -3.62. The standard InChI is InChI=1S/C24H29FN6O2/c1-6-19(23(33)26-24(3,4)5)31(20-10-8-7-9-18(20)25)21(32)15-30-28-22(27-29-30)17-13-11-16(2)12-14-17/h7-14,19H,6,15H2,1-5H3,(H,26,33). The van der Waals surface area contributed by atoms with E-state index < -0.39 is 23.3 Å². The van der Waals surface area contributed by atoms with Crippen molar-refractivity contribution >= 4 is 17.5 Å². The number of amides is 2. The summed E-state index contributed by atoms with van der Waals surface area (Å²) in [5, 5.41) is 15.2. The molecule has 0 spiro atoms. The maximum absolute atomic E-state index is 14.7. The molecule has 8 nitrogen and oxygen atoms in total. The molecule has 2 amide bonds. The van der Waals surface area contributed by atoms with Crippen LogP contribution in [-0.2, 0) is 16.1 Å². The number of aromatic nitrogens is 4. The van der Waals surface area contributed by atoms with Gasteiger partial charge in [-0.1, -0.05) is 48.9 Å². The van der Waals surface area contributed by atoms with Crippen LogP contribution in [0.25, 0.3) is 11.4 Å². The molecule has 3 rings (SSSR count). The third kappa shape index (κ3) is 6.00. The Bertz CT molecular complexity index is 1120. The highest BCUT2D eigenvalue weighted by molar-refractivity contribution is 6.00. The second-order valence-corrected chi connectivity index (χ2v) is 8.89. The summed E-state index contributed by atoms with van der Waals surface area (Å²) in [7, 11) is 0. The first kappa shape index (κ1) is 24.0. The second kappa shape index (κ2) is 9.89. The van der Waals surface area contributed by atoms with E-state index in [4.69, 9.17) is 0 Å². The van der Waals surface area contributed by atoms with Crippen LogP contribution < -0.4 is 10.2 Å². The van der Waals surface area contributed by atoms with E-state index >= 15 is 0 Å². The number of aryl methyl sites for hydroxylation is 1. The highest BCUT2D eigenvalue weighted by atomic mass is 19.1. The highest BCUT2D eigenvalue weighted by Gasteiger charge is 2.33. The van der Waals surface area contributed by atoms with Crippen LogP contribution in [0.2, 0.25) is 0 Å². The summed E-state index contributed by atoms with van der Waals surface area (Å²) >= 11 is 0. The van der Waals surface area contributed by atoms with Crippen molar-refractivity contribution in [1.29, 1.82) is 0 Å². The lowest BCUT2D eigenvalue weighted by molar-refractivity contribution is -0.128. The lowest BCUT2D eigenvalue weighted by atomic mass is 10.1. The van der Waals surface area contributed by atoms with Gasteiger partial charge in [0.2, 0.25) is 11.7 Å². The minimum Gasteiger partial charge on any atom is -0.350 e. The molecular weight excluding hydrogens is 423 g/mol. The Kier molecular flexibility index (Phi) is 7.20. The van der Waals surface area contributed by atoms with E-state index in [2.05, 4.69) is 20.7 Å². The summed E-state index contributed by atoms with van der Waals surface area (Å²) in [6, 6.07) is 12.6. The molecule has 0 radical (unpaired) electrons. The lowest BCUT2D eigenvalue weighted by Gasteiger charge is -2.33. The fourth-order valence-corrected chi connectivity index (χ4v) is 3.39. The molecular formula is C24H29FN6O2. The smallest absolute Gasteiger partial charge is 0.251 e. The molecule has 1 atom stereocenters. The maximum Gasteiger partial charge on any atom is 0.251 e. The largest absolute Gasteiger partial charge is 0.350 e. The average molecular weight is 453 g/mol. The topological polar surface area (TPSA) is 93.0 Å². The van der Waals surface area contributed by atoms with Crippen LogP contribution in [0.5, 0.6) is 0 Å². The van der Waals surface area contributed by atoms with Gasteiger partial charge in [0.25, 0.3) is 5.91 Å². The molecule has 0 fully saturated rings. The number of nitrogens with one attached hydrogen (secondary N) is 1. The molecule has 0 bridgehead atoms. The second-order valence-electron chi connectivity index (χ2n) is 8.89. The van der Waals surface area contributed by atoms with E-state index in [-0.39, 0.29) is 18.1 Å². The van der Waals surface area contributed by atoms with Gasteiger partial charge in [0.15, 0.2) is 0 Å². The van der Waals surface area contributed by atoms with Crippen LogP contribution in [-0.4, -0.2) is 43.6 Å². The van der Waals surface area contributed by atoms with Gasteiger partial charge in [0.05, 0.1) is 5.69 Å². The van der Waals surface area contributed by atoms with Gasteiger partial charge in [0.1, 0.15) is 18.4 Å². The molecule has 0 saturated heterocycles. The zero-order chi connectivity index (χ0) is 24.2. The summed E-state index contributed by atoms with van der Waals surface area (Å²) in [6.45, 7) is 8.99. The van der Waals surface area contributed by atoms with Crippen molar-refractivity contribution in [2.75, 3.05) is 4.90 Å². The van der Waals surface area contributed by atoms with Crippen molar-refractivity contribution < 1.29 is 14.0 Å². The van der Waals surface area contributed by atoms with Crippen molar-refractivity contribution in [3.8, 4) is 11.4 Å². The first-order chi connectivity index (χ1) is 15.6. The van der Waals surface area contributed by atoms with Gasteiger partial charge >= 0.3 is 0 Å². The van der Waals surface area contributed by atoms with Crippen LogP contribution in [0.3, 0.4) is 0 Å². The van der Waals surface area contributed by atoms with Crippen molar-refractivity contribution in [3.05, 3.63) is 59.9 Å². The van der Waals surface area contributed by atoms with Crippen LogP contribution in [0, 0.1) is 12.7 Å². The van der Waals surface area contributed by atoms with E-state index in [9.17, 15) is 14.0 Å². The van der Waals surface area contributed by atoms with E-state index in [1.54, 1.807) is 13.0 Å². The third-order valence-electron chi connectivity index (χ3n) is 4.92. The summed E-state index contributed by atoms with van der Waals surface area (Å²) in [6.07, 6.45) is 0.293. The molecule has 2 aromatic carbocycles. The minimum absolute atomic E-state index is 0.0253. The Morgan fingerprint density at radius 3 is 2.39 bits per heavy atom. The molecule has 0 aliphatic rings. The van der Waals surface area contributed by atoms with Crippen LogP contribution >= 0.6 is 0 Å². The predicted molar refractivity (Wildman–Crippen MR) is 124 cm³/mol. The van der Waals surface area contributed by atoms with Crippen LogP contribution in [0.4, 0.5) is 10.1 Å². The molecule has 1 unspecified atom stereocenters. The van der Waals surface area contributed by atoms with E-state index in [0.717, 1.165) is 15.9 Å². The molecule has 0 saturated carbocycles. The average Bonchev–Trinajstić information content (AvgIpc) is 3.20. The predicted octanol–water partition coefficient (Wildman–Crippen LogP) is 3.51. The fraction of sp³-hybridized carbons (Fsp3) is 0.375. The molecule has 174 valence electrons. The molecule has 0 aliphatic carbocycles. The number of hydrogen-bond donors (Lipinski definition) is 1. The number of anilines is 1. The Morgan fingerprint density at radius 1 is 1.12 bits per heavy atom. The molecule has 9 heteroatoms. The number of hydrogen-bond acceptors (Lipinski definition) is 5. The van der Waals surface area contributed by atoms with Crippen molar-refractivity contribution in [2.45, 2.75) is 59.2 Å². The van der Waals surface area contributed by atoms with Gasteiger partial charge in [-0.2, -0.15) is 4.80 Å². The van der Waals surface area contributed by atoms with Gasteiger partial charge in [0, 0.05) is 11.1 Å². The zero-order valence-electron chi connectivity index (χ0n) is 19.5. The molecule has 3 aromatic rings. The normalized spacial score (nSPS) is 12.3. The number of carbonyl (C=O) groups is 2. The van der Waals surface area contributed by atoms with Crippen molar-refractivity contribution in [2.24, 2.45) is 0 Å². The van der Waals surface area contributed by atoms with E-state index in [1.165, 1.54) is 23.1 Å². The zero-order valence-corrected chi connectivity index (χ0v) is 19.5. The molecule has 1 N–H and O–H groups in total. The van der Waals surface area contributed by atoms with E-state index in [0.29, 0.717) is 12.2 Å². The summed E-state index contributed by atoms with van der Waals surface area (Å²) in [4.78, 5) is 28.7. The first-order valence-electron chi connectivity index (χ1n) is 10.8. The lowest BCUT2D eigenvalue weighted by Crippen LogP contribution is -2.54.